The topological polar surface area (TPSA) is 18.5 Å². The third kappa shape index (κ3) is 4.12. The lowest BCUT2D eigenvalue weighted by Gasteiger charge is -2.44. The molecular weight excluding hydrogens is 242 g/mol. The van der Waals surface area contributed by atoms with Crippen molar-refractivity contribution in [3.63, 3.8) is 0 Å². The molecule has 2 rings (SSSR count). The van der Waals surface area contributed by atoms with E-state index < -0.39 is 0 Å². The summed E-state index contributed by atoms with van der Waals surface area (Å²) in [6, 6.07) is 0.734. The number of hydrogen-bond donors (Lipinski definition) is 1. The predicted molar refractivity (Wildman–Crippen MR) is 80.7 cm³/mol. The summed E-state index contributed by atoms with van der Waals surface area (Å²) >= 11 is 1.90. The van der Waals surface area contributed by atoms with E-state index in [0.29, 0.717) is 0 Å². The van der Waals surface area contributed by atoms with Crippen molar-refractivity contribution in [3.8, 4) is 0 Å². The second-order valence-electron chi connectivity index (χ2n) is 5.73. The third-order valence-corrected chi connectivity index (χ3v) is 5.22. The van der Waals surface area contributed by atoms with Crippen molar-refractivity contribution >= 4 is 11.9 Å². The Hall–Kier alpha value is 0.230. The molecule has 0 radical (unpaired) electrons. The summed E-state index contributed by atoms with van der Waals surface area (Å²) in [7, 11) is 0. The predicted octanol–water partition coefficient (Wildman–Crippen LogP) is 2.40. The zero-order chi connectivity index (χ0) is 12.8. The van der Waals surface area contributed by atoms with Crippen molar-refractivity contribution < 1.29 is 0 Å². The lowest BCUT2D eigenvalue weighted by molar-refractivity contribution is 0.0851. The van der Waals surface area contributed by atoms with E-state index in [1.807, 2.05) is 11.9 Å². The molecule has 106 valence electrons. The molecule has 0 aromatic carbocycles. The van der Waals surface area contributed by atoms with Crippen molar-refractivity contribution in [2.75, 3.05) is 39.1 Å². The van der Waals surface area contributed by atoms with Gasteiger partial charge in [0.05, 0.1) is 0 Å². The quantitative estimate of drug-likeness (QED) is 0.590. The van der Waals surface area contributed by atoms with Crippen LogP contribution in [0.3, 0.4) is 0 Å². The Morgan fingerprint density at radius 3 is 2.89 bits per heavy atom. The number of nitrogens with zero attached hydrogens (tertiary/aromatic N) is 2. The molecule has 2 fully saturated rings. The lowest BCUT2D eigenvalue weighted by Crippen LogP contribution is -2.59. The van der Waals surface area contributed by atoms with E-state index in [4.69, 9.17) is 0 Å². The normalized spacial score (nSPS) is 30.3. The van der Waals surface area contributed by atoms with Crippen LogP contribution < -0.4 is 5.32 Å². The van der Waals surface area contributed by atoms with E-state index in [9.17, 15) is 0 Å². The average Bonchev–Trinajstić information content (AvgIpc) is 2.43. The van der Waals surface area contributed by atoms with Crippen molar-refractivity contribution in [2.24, 2.45) is 5.92 Å². The first-order chi connectivity index (χ1) is 8.83. The Labute approximate surface area is 117 Å². The van der Waals surface area contributed by atoms with E-state index in [0.717, 1.165) is 18.6 Å². The molecule has 0 aliphatic carbocycles. The molecule has 3 nitrogen and oxygen atoms in total. The molecule has 1 N–H and O–H groups in total. The first-order valence-corrected chi connectivity index (χ1v) is 8.76. The van der Waals surface area contributed by atoms with Gasteiger partial charge in [-0.2, -0.15) is 0 Å². The van der Waals surface area contributed by atoms with Gasteiger partial charge in [-0.1, -0.05) is 38.1 Å². The molecule has 0 aromatic rings. The fraction of sp³-hybridized carbons (Fsp3) is 1.00. The molecule has 2 heterocycles. The molecule has 0 bridgehead atoms. The highest BCUT2D eigenvalue weighted by Crippen LogP contribution is 2.25. The van der Waals surface area contributed by atoms with E-state index >= 15 is 0 Å². The Bertz CT molecular complexity index is 237. The average molecular weight is 271 g/mol. The smallest absolute Gasteiger partial charge is 0.0483 e. The van der Waals surface area contributed by atoms with Gasteiger partial charge in [-0.3, -0.25) is 10.2 Å². The van der Waals surface area contributed by atoms with Gasteiger partial charge < -0.3 is 0 Å². The molecule has 2 aliphatic rings. The lowest BCUT2D eigenvalue weighted by atomic mass is 9.90. The molecule has 2 atom stereocenters. The van der Waals surface area contributed by atoms with Gasteiger partial charge in [0.25, 0.3) is 0 Å². The van der Waals surface area contributed by atoms with Crippen LogP contribution in [0.5, 0.6) is 0 Å². The molecule has 2 unspecified atom stereocenters. The Kier molecular flexibility index (Phi) is 6.29. The first kappa shape index (κ1) is 14.6. The van der Waals surface area contributed by atoms with Crippen molar-refractivity contribution in [1.82, 2.24) is 14.5 Å². The van der Waals surface area contributed by atoms with Crippen molar-refractivity contribution in [2.45, 2.75) is 45.1 Å². The molecule has 0 aromatic heterocycles. The summed E-state index contributed by atoms with van der Waals surface area (Å²) in [5.41, 5.74) is 0. The van der Waals surface area contributed by atoms with E-state index in [2.05, 4.69) is 27.7 Å². The number of unbranched alkanes of at least 4 members (excludes halogenated alkanes) is 3. The van der Waals surface area contributed by atoms with Crippen LogP contribution in [0.2, 0.25) is 0 Å². The summed E-state index contributed by atoms with van der Waals surface area (Å²) in [6.07, 6.45) is 9.09. The largest absolute Gasteiger partial charge is 0.300 e. The van der Waals surface area contributed by atoms with Gasteiger partial charge in [0.1, 0.15) is 0 Å². The molecule has 0 saturated carbocycles. The molecular formula is C14H29N3S. The van der Waals surface area contributed by atoms with Gasteiger partial charge >= 0.3 is 0 Å². The van der Waals surface area contributed by atoms with Crippen LogP contribution >= 0.6 is 11.9 Å². The summed E-state index contributed by atoms with van der Waals surface area (Å²) in [4.78, 5) is 2.63. The molecule has 0 spiro atoms. The maximum Gasteiger partial charge on any atom is 0.0483 e. The Balaban J connectivity index is 1.68. The van der Waals surface area contributed by atoms with Crippen LogP contribution in [-0.2, 0) is 0 Å². The number of hydrogen-bond acceptors (Lipinski definition) is 4. The van der Waals surface area contributed by atoms with Crippen LogP contribution in [0.25, 0.3) is 0 Å². The monoisotopic (exact) mass is 271 g/mol. The second-order valence-corrected chi connectivity index (χ2v) is 6.61. The molecule has 18 heavy (non-hydrogen) atoms. The van der Waals surface area contributed by atoms with Crippen LogP contribution in [0.4, 0.5) is 0 Å². The van der Waals surface area contributed by atoms with Gasteiger partial charge in [0.15, 0.2) is 0 Å². The number of fused-ring (bicyclic) bond motifs is 1. The second kappa shape index (κ2) is 7.73. The maximum absolute atomic E-state index is 3.75. The number of rotatable bonds is 6. The van der Waals surface area contributed by atoms with Gasteiger partial charge in [-0.05, 0) is 31.6 Å². The van der Waals surface area contributed by atoms with Gasteiger partial charge in [-0.15, -0.1) is 0 Å². The van der Waals surface area contributed by atoms with Gasteiger partial charge in [0.2, 0.25) is 0 Å². The highest BCUT2D eigenvalue weighted by molar-refractivity contribution is 7.96. The minimum absolute atomic E-state index is 0.734. The fourth-order valence-electron chi connectivity index (χ4n) is 3.16. The van der Waals surface area contributed by atoms with E-state index in [1.54, 1.807) is 0 Å². The zero-order valence-electron chi connectivity index (χ0n) is 12.0. The van der Waals surface area contributed by atoms with Crippen LogP contribution in [0.1, 0.15) is 39.0 Å². The van der Waals surface area contributed by atoms with E-state index in [1.165, 1.54) is 58.3 Å². The molecule has 0 amide bonds. The zero-order valence-corrected chi connectivity index (χ0v) is 12.8. The van der Waals surface area contributed by atoms with Gasteiger partial charge in [-0.25, -0.2) is 4.31 Å². The van der Waals surface area contributed by atoms with Crippen molar-refractivity contribution in [1.29, 1.82) is 0 Å². The van der Waals surface area contributed by atoms with Crippen molar-refractivity contribution in [3.05, 3.63) is 0 Å². The van der Waals surface area contributed by atoms with Crippen LogP contribution in [0, 0.1) is 5.92 Å². The maximum atomic E-state index is 3.75. The summed E-state index contributed by atoms with van der Waals surface area (Å²) in [5, 5.41) is 3.75. The fourth-order valence-corrected chi connectivity index (χ4v) is 3.76. The molecule has 4 heteroatoms. The molecule has 2 saturated heterocycles. The van der Waals surface area contributed by atoms with Gasteiger partial charge in [0, 0.05) is 32.3 Å². The summed E-state index contributed by atoms with van der Waals surface area (Å²) in [6.45, 7) is 8.51. The van der Waals surface area contributed by atoms with Crippen LogP contribution in [0.15, 0.2) is 0 Å². The Morgan fingerprint density at radius 2 is 2.11 bits per heavy atom. The number of piperidine rings is 1. The highest BCUT2D eigenvalue weighted by atomic mass is 32.2. The highest BCUT2D eigenvalue weighted by Gasteiger charge is 2.33. The van der Waals surface area contributed by atoms with Crippen LogP contribution in [-0.4, -0.2) is 54.4 Å². The SMILES string of the molecule is CCCCCCN1CNC2CN(SC)CCC2C1. The minimum Gasteiger partial charge on any atom is -0.300 e. The first-order valence-electron chi connectivity index (χ1n) is 7.58. The summed E-state index contributed by atoms with van der Waals surface area (Å²) < 4.78 is 2.51. The number of nitrogens with one attached hydrogen (secondary N) is 1. The molecule has 2 aliphatic heterocycles. The summed E-state index contributed by atoms with van der Waals surface area (Å²) in [5.74, 6) is 0.883. The third-order valence-electron chi connectivity index (χ3n) is 4.37. The standard InChI is InChI=1S/C14H29N3S/c1-3-4-5-6-8-16-10-13-7-9-17(18-2)11-14(13)15-12-16/h13-15H,3-12H2,1-2H3. The minimum atomic E-state index is 0.734. The Morgan fingerprint density at radius 1 is 1.22 bits per heavy atom. The van der Waals surface area contributed by atoms with E-state index in [-0.39, 0.29) is 0 Å².